The van der Waals surface area contributed by atoms with Gasteiger partial charge >= 0.3 is 0 Å². The van der Waals surface area contributed by atoms with Gasteiger partial charge in [-0.15, -0.1) is 11.8 Å². The minimum Gasteiger partial charge on any atom is -0.454 e. The summed E-state index contributed by atoms with van der Waals surface area (Å²) in [5.74, 6) is 0.401. The molecule has 0 saturated heterocycles. The lowest BCUT2D eigenvalue weighted by Crippen LogP contribution is -2.24. The molecule has 8 heteroatoms. The summed E-state index contributed by atoms with van der Waals surface area (Å²) >= 11 is 1.41. The monoisotopic (exact) mass is 452 g/mol. The Hall–Kier alpha value is -3.52. The first-order valence-corrected chi connectivity index (χ1v) is 10.9. The average Bonchev–Trinajstić information content (AvgIpc) is 3.26. The van der Waals surface area contributed by atoms with Gasteiger partial charge in [-0.1, -0.05) is 13.0 Å². The van der Waals surface area contributed by atoms with Crippen molar-refractivity contribution in [3.05, 3.63) is 78.1 Å². The van der Waals surface area contributed by atoms with Crippen molar-refractivity contribution in [2.75, 3.05) is 17.4 Å². The lowest BCUT2D eigenvalue weighted by molar-refractivity contribution is -0.115. The highest BCUT2D eigenvalue weighted by Gasteiger charge is 2.20. The molecule has 0 aliphatic carbocycles. The third-order valence-electron chi connectivity index (χ3n) is 4.78. The van der Waals surface area contributed by atoms with Gasteiger partial charge in [0, 0.05) is 27.9 Å². The maximum atomic E-state index is 13.1. The molecular formula is C24H21FN2O4S. The summed E-state index contributed by atoms with van der Waals surface area (Å²) in [6.07, 6.45) is 0.618. The SMILES string of the molecule is CCC(Sc1cccc(NC(=O)c2ccc(F)cc2)c1)C(=O)Nc1ccc2c(c1)OCO2. The van der Waals surface area contributed by atoms with E-state index in [2.05, 4.69) is 10.6 Å². The molecule has 0 saturated carbocycles. The minimum absolute atomic E-state index is 0.128. The molecule has 1 heterocycles. The van der Waals surface area contributed by atoms with Crippen LogP contribution >= 0.6 is 11.8 Å². The number of ether oxygens (including phenoxy) is 2. The molecule has 2 N–H and O–H groups in total. The molecule has 6 nitrogen and oxygen atoms in total. The number of carbonyl (C=O) groups excluding carboxylic acids is 2. The molecule has 0 spiro atoms. The fourth-order valence-corrected chi connectivity index (χ4v) is 4.15. The molecule has 3 aromatic carbocycles. The number of halogens is 1. The fourth-order valence-electron chi connectivity index (χ4n) is 3.14. The topological polar surface area (TPSA) is 76.7 Å². The summed E-state index contributed by atoms with van der Waals surface area (Å²) < 4.78 is 23.7. The molecule has 164 valence electrons. The molecule has 32 heavy (non-hydrogen) atoms. The van der Waals surface area contributed by atoms with E-state index in [4.69, 9.17) is 9.47 Å². The molecule has 0 radical (unpaired) electrons. The molecule has 1 atom stereocenters. The fraction of sp³-hybridized carbons (Fsp3) is 0.167. The van der Waals surface area contributed by atoms with Crippen LogP contribution in [0, 0.1) is 5.82 Å². The molecule has 1 unspecified atom stereocenters. The maximum absolute atomic E-state index is 13.1. The summed E-state index contributed by atoms with van der Waals surface area (Å²) in [6.45, 7) is 2.12. The Balaban J connectivity index is 1.40. The molecule has 2 amide bonds. The smallest absolute Gasteiger partial charge is 0.255 e. The zero-order chi connectivity index (χ0) is 22.5. The van der Waals surface area contributed by atoms with Crippen molar-refractivity contribution >= 4 is 35.0 Å². The third-order valence-corrected chi connectivity index (χ3v) is 6.14. The van der Waals surface area contributed by atoms with Crippen LogP contribution in [0.2, 0.25) is 0 Å². The molecule has 0 fully saturated rings. The second-order valence-electron chi connectivity index (χ2n) is 7.06. The summed E-state index contributed by atoms with van der Waals surface area (Å²) in [4.78, 5) is 26.0. The van der Waals surface area contributed by atoms with Crippen molar-refractivity contribution in [2.24, 2.45) is 0 Å². The van der Waals surface area contributed by atoms with Gasteiger partial charge in [0.25, 0.3) is 5.91 Å². The Morgan fingerprint density at radius 2 is 1.72 bits per heavy atom. The highest BCUT2D eigenvalue weighted by Crippen LogP contribution is 2.35. The lowest BCUT2D eigenvalue weighted by atomic mass is 10.2. The van der Waals surface area contributed by atoms with E-state index >= 15 is 0 Å². The van der Waals surface area contributed by atoms with Crippen LogP contribution in [0.4, 0.5) is 15.8 Å². The van der Waals surface area contributed by atoms with Crippen LogP contribution in [-0.4, -0.2) is 23.9 Å². The molecule has 0 bridgehead atoms. The van der Waals surface area contributed by atoms with E-state index in [1.807, 2.05) is 25.1 Å². The van der Waals surface area contributed by atoms with Gasteiger partial charge in [0.1, 0.15) is 5.82 Å². The van der Waals surface area contributed by atoms with Gasteiger partial charge in [0.2, 0.25) is 12.7 Å². The summed E-state index contributed by atoms with van der Waals surface area (Å²) in [6, 6.07) is 17.9. The number of amides is 2. The average molecular weight is 453 g/mol. The van der Waals surface area contributed by atoms with Gasteiger partial charge in [-0.3, -0.25) is 9.59 Å². The molecule has 3 aromatic rings. The van der Waals surface area contributed by atoms with Gasteiger partial charge in [0.05, 0.1) is 5.25 Å². The van der Waals surface area contributed by atoms with Crippen molar-refractivity contribution in [3.8, 4) is 11.5 Å². The van der Waals surface area contributed by atoms with Gasteiger partial charge in [-0.05, 0) is 61.0 Å². The molecule has 1 aliphatic heterocycles. The van der Waals surface area contributed by atoms with Crippen LogP contribution in [0.5, 0.6) is 11.5 Å². The number of hydrogen-bond donors (Lipinski definition) is 2. The van der Waals surface area contributed by atoms with Crippen LogP contribution in [0.3, 0.4) is 0 Å². The van der Waals surface area contributed by atoms with Crippen molar-refractivity contribution < 1.29 is 23.5 Å². The summed E-state index contributed by atoms with van der Waals surface area (Å²) in [7, 11) is 0. The van der Waals surface area contributed by atoms with Crippen LogP contribution < -0.4 is 20.1 Å². The van der Waals surface area contributed by atoms with E-state index < -0.39 is 5.82 Å². The Labute approximate surface area is 189 Å². The minimum atomic E-state index is -0.399. The van der Waals surface area contributed by atoms with E-state index in [0.29, 0.717) is 34.9 Å². The summed E-state index contributed by atoms with van der Waals surface area (Å²) in [5, 5.41) is 5.39. The maximum Gasteiger partial charge on any atom is 0.255 e. The normalized spacial score (nSPS) is 12.8. The second kappa shape index (κ2) is 9.74. The predicted octanol–water partition coefficient (Wildman–Crippen LogP) is 5.32. The molecule has 0 aromatic heterocycles. The highest BCUT2D eigenvalue weighted by molar-refractivity contribution is 8.00. The van der Waals surface area contributed by atoms with E-state index in [-0.39, 0.29) is 23.9 Å². The Morgan fingerprint density at radius 3 is 2.50 bits per heavy atom. The number of nitrogens with one attached hydrogen (secondary N) is 2. The van der Waals surface area contributed by atoms with E-state index in [9.17, 15) is 14.0 Å². The molecule has 1 aliphatic rings. The van der Waals surface area contributed by atoms with Crippen molar-refractivity contribution in [2.45, 2.75) is 23.5 Å². The number of rotatable bonds is 7. The number of anilines is 2. The first-order valence-electron chi connectivity index (χ1n) is 10.1. The van der Waals surface area contributed by atoms with E-state index in [0.717, 1.165) is 4.90 Å². The van der Waals surface area contributed by atoms with Crippen molar-refractivity contribution in [1.29, 1.82) is 0 Å². The zero-order valence-electron chi connectivity index (χ0n) is 17.3. The van der Waals surface area contributed by atoms with Crippen molar-refractivity contribution in [1.82, 2.24) is 0 Å². The zero-order valence-corrected chi connectivity index (χ0v) is 18.1. The molecular weight excluding hydrogens is 431 g/mol. The predicted molar refractivity (Wildman–Crippen MR) is 122 cm³/mol. The number of thioether (sulfide) groups is 1. The van der Waals surface area contributed by atoms with Crippen LogP contribution in [0.1, 0.15) is 23.7 Å². The Bertz CT molecular complexity index is 1140. The van der Waals surface area contributed by atoms with Gasteiger partial charge in [-0.2, -0.15) is 0 Å². The quantitative estimate of drug-likeness (QED) is 0.475. The molecule has 4 rings (SSSR count). The Kier molecular flexibility index (Phi) is 6.61. The van der Waals surface area contributed by atoms with Crippen LogP contribution in [0.25, 0.3) is 0 Å². The number of carbonyl (C=O) groups is 2. The first-order chi connectivity index (χ1) is 15.5. The Morgan fingerprint density at radius 1 is 0.969 bits per heavy atom. The first kappa shape index (κ1) is 21.7. The second-order valence-corrected chi connectivity index (χ2v) is 8.34. The standard InChI is InChI=1S/C24H21FN2O4S/c1-2-22(24(29)27-18-10-11-20-21(13-18)31-14-30-20)32-19-5-3-4-17(12-19)26-23(28)15-6-8-16(25)9-7-15/h3-13,22H,2,14H2,1H3,(H,26,28)(H,27,29). The number of benzene rings is 3. The lowest BCUT2D eigenvalue weighted by Gasteiger charge is -2.16. The largest absolute Gasteiger partial charge is 0.454 e. The van der Waals surface area contributed by atoms with Gasteiger partial charge in [0.15, 0.2) is 11.5 Å². The van der Waals surface area contributed by atoms with Crippen molar-refractivity contribution in [3.63, 3.8) is 0 Å². The van der Waals surface area contributed by atoms with Crippen LogP contribution in [-0.2, 0) is 4.79 Å². The van der Waals surface area contributed by atoms with E-state index in [1.54, 1.807) is 24.3 Å². The third kappa shape index (κ3) is 5.20. The highest BCUT2D eigenvalue weighted by atomic mass is 32.2. The van der Waals surface area contributed by atoms with Crippen LogP contribution in [0.15, 0.2) is 71.6 Å². The van der Waals surface area contributed by atoms with Gasteiger partial charge < -0.3 is 20.1 Å². The van der Waals surface area contributed by atoms with Gasteiger partial charge in [-0.25, -0.2) is 4.39 Å². The number of hydrogen-bond acceptors (Lipinski definition) is 5. The van der Waals surface area contributed by atoms with E-state index in [1.165, 1.54) is 36.0 Å². The summed E-state index contributed by atoms with van der Waals surface area (Å²) in [5.41, 5.74) is 1.59. The number of fused-ring (bicyclic) bond motifs is 1.